The van der Waals surface area contributed by atoms with Crippen LogP contribution < -0.4 is 9.84 Å². The number of hydrogen-bond acceptors (Lipinski definition) is 4. The van der Waals surface area contributed by atoms with Crippen molar-refractivity contribution in [1.29, 1.82) is 5.53 Å². The van der Waals surface area contributed by atoms with Gasteiger partial charge in [0.25, 0.3) is 0 Å². The number of para-hydroxylation sites is 1. The number of ether oxygens (including phenoxy) is 1. The molecule has 78 valence electrons. The molecular formula is C10H10N2O3. The maximum absolute atomic E-state index is 10.7. The van der Waals surface area contributed by atoms with Gasteiger partial charge in [0.1, 0.15) is 11.3 Å². The Hall–Kier alpha value is -2.13. The monoisotopic (exact) mass is 206 g/mol. The van der Waals surface area contributed by atoms with E-state index in [1.807, 2.05) is 0 Å². The number of carbonyl (C=O) groups is 1. The van der Waals surface area contributed by atoms with Crippen LogP contribution in [0, 0.1) is 5.53 Å². The molecule has 0 aliphatic heterocycles. The normalized spacial score (nSPS) is 9.13. The van der Waals surface area contributed by atoms with Crippen molar-refractivity contribution in [3.8, 4) is 5.75 Å². The number of nitrogens with zero attached hydrogens (tertiary/aromatic N) is 1. The first-order chi connectivity index (χ1) is 7.20. The summed E-state index contributed by atoms with van der Waals surface area (Å²) in [6.07, 6.45) is 0. The van der Waals surface area contributed by atoms with Crippen LogP contribution in [0.2, 0.25) is 0 Å². The molecule has 0 saturated carbocycles. The predicted molar refractivity (Wildman–Crippen MR) is 49.7 cm³/mol. The number of carboxylic acid groups (broad SMARTS) is 1. The average molecular weight is 206 g/mol. The smallest absolute Gasteiger partial charge is 0.398 e. The van der Waals surface area contributed by atoms with Gasteiger partial charge in [-0.25, -0.2) is 0 Å². The summed E-state index contributed by atoms with van der Waals surface area (Å²) in [5.41, 5.74) is 6.60. The second-order valence-corrected chi connectivity index (χ2v) is 2.68. The van der Waals surface area contributed by atoms with E-state index >= 15 is 0 Å². The zero-order valence-electron chi connectivity index (χ0n) is 8.19. The molecule has 0 aromatic heterocycles. The number of aliphatic carboxylic acids is 1. The van der Waals surface area contributed by atoms with Crippen molar-refractivity contribution in [3.63, 3.8) is 0 Å². The molecule has 1 rings (SSSR count). The average Bonchev–Trinajstić information content (AvgIpc) is 2.21. The van der Waals surface area contributed by atoms with Crippen molar-refractivity contribution >= 4 is 11.7 Å². The summed E-state index contributed by atoms with van der Waals surface area (Å²) < 4.78 is 5.21. The molecule has 5 nitrogen and oxygen atoms in total. The van der Waals surface area contributed by atoms with Crippen LogP contribution in [0.15, 0.2) is 24.3 Å². The Morgan fingerprint density at radius 3 is 2.73 bits per heavy atom. The highest BCUT2D eigenvalue weighted by molar-refractivity contribution is 6.39. The third-order valence-corrected chi connectivity index (χ3v) is 1.75. The van der Waals surface area contributed by atoms with Crippen LogP contribution in [0.3, 0.4) is 0 Å². The Morgan fingerprint density at radius 2 is 2.20 bits per heavy atom. The molecule has 0 fully saturated rings. The zero-order chi connectivity index (χ0) is 11.3. The highest BCUT2D eigenvalue weighted by Gasteiger charge is 2.20. The van der Waals surface area contributed by atoms with E-state index in [1.54, 1.807) is 25.1 Å². The Balaban J connectivity index is 3.23. The zero-order valence-corrected chi connectivity index (χ0v) is 8.19. The highest BCUT2D eigenvalue weighted by atomic mass is 16.5. The molecule has 0 amide bonds. The SMILES string of the molecule is CCOc1ccccc1C(=[N+]=N)C(=O)[O-]. The van der Waals surface area contributed by atoms with Gasteiger partial charge in [-0.3, -0.25) is 0 Å². The first-order valence-electron chi connectivity index (χ1n) is 4.38. The van der Waals surface area contributed by atoms with Crippen LogP contribution >= 0.6 is 0 Å². The number of carboxylic acids is 1. The van der Waals surface area contributed by atoms with Crippen molar-refractivity contribution in [2.24, 2.45) is 0 Å². The summed E-state index contributed by atoms with van der Waals surface area (Å²) in [6, 6.07) is 6.50. The third-order valence-electron chi connectivity index (χ3n) is 1.75. The lowest BCUT2D eigenvalue weighted by molar-refractivity contribution is -0.298. The van der Waals surface area contributed by atoms with Crippen molar-refractivity contribution in [2.45, 2.75) is 6.92 Å². The van der Waals surface area contributed by atoms with Gasteiger partial charge in [0.05, 0.1) is 16.9 Å². The fraction of sp³-hybridized carbons (Fsp3) is 0.200. The molecule has 0 spiro atoms. The molecule has 0 aliphatic carbocycles. The van der Waals surface area contributed by atoms with Crippen LogP contribution in [0.1, 0.15) is 12.5 Å². The van der Waals surface area contributed by atoms with E-state index in [0.29, 0.717) is 12.4 Å². The lowest BCUT2D eigenvalue weighted by Crippen LogP contribution is -2.33. The van der Waals surface area contributed by atoms with Crippen LogP contribution in [0.4, 0.5) is 0 Å². The maximum atomic E-state index is 10.7. The fourth-order valence-electron chi connectivity index (χ4n) is 1.16. The number of benzene rings is 1. The molecule has 0 atom stereocenters. The van der Waals surface area contributed by atoms with Gasteiger partial charge in [0.2, 0.25) is 0 Å². The second kappa shape index (κ2) is 4.93. The van der Waals surface area contributed by atoms with Gasteiger partial charge in [0, 0.05) is 0 Å². The van der Waals surface area contributed by atoms with Gasteiger partial charge in [-0.15, -0.1) is 0 Å². The molecule has 5 heteroatoms. The molecule has 0 aliphatic rings. The number of rotatable bonds is 4. The summed E-state index contributed by atoms with van der Waals surface area (Å²) in [5, 5.41) is 10.7. The molecule has 15 heavy (non-hydrogen) atoms. The maximum Gasteiger partial charge on any atom is 0.398 e. The van der Waals surface area contributed by atoms with Crippen molar-refractivity contribution < 1.29 is 19.4 Å². The Bertz CT molecular complexity index is 422. The largest absolute Gasteiger partial charge is 0.538 e. The van der Waals surface area contributed by atoms with E-state index in [2.05, 4.69) is 4.79 Å². The molecule has 1 aromatic carbocycles. The topological polar surface area (TPSA) is 87.3 Å². The summed E-state index contributed by atoms with van der Waals surface area (Å²) in [6.45, 7) is 2.20. The van der Waals surface area contributed by atoms with Gasteiger partial charge in [0.15, 0.2) is 5.97 Å². The van der Waals surface area contributed by atoms with Crippen molar-refractivity contribution in [1.82, 2.24) is 0 Å². The predicted octanol–water partition coefficient (Wildman–Crippen LogP) is -0.137. The lowest BCUT2D eigenvalue weighted by atomic mass is 10.1. The number of hydrogen-bond donors (Lipinski definition) is 1. The second-order valence-electron chi connectivity index (χ2n) is 2.68. The van der Waals surface area contributed by atoms with Crippen molar-refractivity contribution in [2.75, 3.05) is 6.61 Å². The quantitative estimate of drug-likeness (QED) is 0.422. The molecule has 0 bridgehead atoms. The highest BCUT2D eigenvalue weighted by Crippen LogP contribution is 2.17. The molecule has 1 aromatic rings. The minimum atomic E-state index is -1.49. The fourth-order valence-corrected chi connectivity index (χ4v) is 1.16. The van der Waals surface area contributed by atoms with E-state index in [9.17, 15) is 9.90 Å². The summed E-state index contributed by atoms with van der Waals surface area (Å²) in [5.74, 6) is -1.10. The lowest BCUT2D eigenvalue weighted by Gasteiger charge is -2.05. The van der Waals surface area contributed by atoms with Gasteiger partial charge in [-0.2, -0.15) is 0 Å². The van der Waals surface area contributed by atoms with E-state index in [1.165, 1.54) is 6.07 Å². The Labute approximate surface area is 86.5 Å². The molecule has 0 heterocycles. The first-order valence-corrected chi connectivity index (χ1v) is 4.38. The van der Waals surface area contributed by atoms with Crippen LogP contribution in [0.25, 0.3) is 0 Å². The van der Waals surface area contributed by atoms with E-state index in [-0.39, 0.29) is 5.56 Å². The Kier molecular flexibility index (Phi) is 3.60. The first kappa shape index (κ1) is 10.9. The summed E-state index contributed by atoms with van der Waals surface area (Å²) in [7, 11) is 0. The number of nitrogens with one attached hydrogen (secondary N) is 1. The van der Waals surface area contributed by atoms with Crippen LogP contribution in [-0.2, 0) is 4.79 Å². The third kappa shape index (κ3) is 2.42. The minimum Gasteiger partial charge on any atom is -0.538 e. The van der Waals surface area contributed by atoms with Gasteiger partial charge >= 0.3 is 5.71 Å². The standard InChI is InChI=1S/C10H10N2O3/c1-2-15-8-6-4-3-5-7(8)9(12-11)10(13)14/h3-6,11H,2H2,1H3. The molecular weight excluding hydrogens is 196 g/mol. The van der Waals surface area contributed by atoms with Gasteiger partial charge in [-0.1, -0.05) is 12.1 Å². The van der Waals surface area contributed by atoms with E-state index < -0.39 is 11.7 Å². The summed E-state index contributed by atoms with van der Waals surface area (Å²) in [4.78, 5) is 13.6. The summed E-state index contributed by atoms with van der Waals surface area (Å²) >= 11 is 0. The molecule has 0 saturated heterocycles. The van der Waals surface area contributed by atoms with E-state index in [0.717, 1.165) is 0 Å². The molecule has 0 unspecified atom stereocenters. The Morgan fingerprint density at radius 1 is 1.53 bits per heavy atom. The van der Waals surface area contributed by atoms with Gasteiger partial charge < -0.3 is 14.6 Å². The van der Waals surface area contributed by atoms with Crippen LogP contribution in [0.5, 0.6) is 5.75 Å². The van der Waals surface area contributed by atoms with Crippen molar-refractivity contribution in [3.05, 3.63) is 29.8 Å². The van der Waals surface area contributed by atoms with Crippen LogP contribution in [-0.4, -0.2) is 23.1 Å². The van der Waals surface area contributed by atoms with Gasteiger partial charge in [-0.05, 0) is 19.1 Å². The minimum absolute atomic E-state index is 0.259. The molecule has 0 radical (unpaired) electrons. The number of carbonyl (C=O) groups excluding carboxylic acids is 1. The molecule has 1 N–H and O–H groups in total. The van der Waals surface area contributed by atoms with E-state index in [4.69, 9.17) is 10.3 Å².